The summed E-state index contributed by atoms with van der Waals surface area (Å²) in [5.41, 5.74) is 13.2. The van der Waals surface area contributed by atoms with Gasteiger partial charge in [-0.25, -0.2) is 10.9 Å². The van der Waals surface area contributed by atoms with Crippen molar-refractivity contribution in [2.75, 3.05) is 0 Å². The highest BCUT2D eigenvalue weighted by Gasteiger charge is 2.43. The van der Waals surface area contributed by atoms with Gasteiger partial charge in [-0.15, -0.1) is 0 Å². The lowest BCUT2D eigenvalue weighted by Gasteiger charge is -2.27. The van der Waals surface area contributed by atoms with Crippen LogP contribution in [0.2, 0.25) is 0 Å². The van der Waals surface area contributed by atoms with Crippen molar-refractivity contribution in [3.63, 3.8) is 0 Å². The molecule has 0 radical (unpaired) electrons. The molecule has 0 amide bonds. The van der Waals surface area contributed by atoms with Crippen LogP contribution >= 0.6 is 0 Å². The minimum atomic E-state index is -0.787. The Morgan fingerprint density at radius 1 is 1.03 bits per heavy atom. The Morgan fingerprint density at radius 2 is 1.84 bits per heavy atom. The van der Waals surface area contributed by atoms with Gasteiger partial charge in [-0.05, 0) is 65.8 Å². The Bertz CT molecular complexity index is 951. The molecule has 0 aromatic heterocycles. The van der Waals surface area contributed by atoms with Gasteiger partial charge in [-0.2, -0.15) is 0 Å². The number of hydrogen-bond donors (Lipinski definition) is 4. The first kappa shape index (κ1) is 20.7. The van der Waals surface area contributed by atoms with Gasteiger partial charge in [0, 0.05) is 18.5 Å². The second-order valence-electron chi connectivity index (χ2n) is 9.80. The first-order valence-corrected chi connectivity index (χ1v) is 11.7. The van der Waals surface area contributed by atoms with E-state index in [1.807, 2.05) is 18.2 Å². The Balaban J connectivity index is 1.26. The maximum absolute atomic E-state index is 11.1. The van der Waals surface area contributed by atoms with Crippen molar-refractivity contribution in [3.05, 3.63) is 70.3 Å². The first-order valence-electron chi connectivity index (χ1n) is 11.7. The average Bonchev–Trinajstić information content (AvgIpc) is 3.32. The van der Waals surface area contributed by atoms with Gasteiger partial charge in [0.05, 0.1) is 18.5 Å². The molecule has 2 aromatic rings. The molecule has 3 atom stereocenters. The van der Waals surface area contributed by atoms with Gasteiger partial charge in [-0.3, -0.25) is 4.79 Å². The molecule has 164 valence electrons. The fraction of sp³-hybridized carbons (Fsp3) is 0.500. The SMILES string of the molecule is CC1CCC(NCc2ccc3c(c2)CC2C(c4cccc(CC(=O)O)c4)NNC32)CC1. The fourth-order valence-electron chi connectivity index (χ4n) is 5.76. The third-order valence-electron chi connectivity index (χ3n) is 7.52. The molecule has 1 saturated carbocycles. The molecular weight excluding hydrogens is 386 g/mol. The van der Waals surface area contributed by atoms with Gasteiger partial charge in [0.1, 0.15) is 0 Å². The highest BCUT2D eigenvalue weighted by Crippen LogP contribution is 2.46. The van der Waals surface area contributed by atoms with Gasteiger partial charge in [-0.1, -0.05) is 49.4 Å². The molecule has 0 bridgehead atoms. The lowest BCUT2D eigenvalue weighted by molar-refractivity contribution is -0.136. The number of rotatable bonds is 6. The number of carboxylic acids is 1. The van der Waals surface area contributed by atoms with E-state index >= 15 is 0 Å². The van der Waals surface area contributed by atoms with E-state index in [1.54, 1.807) is 0 Å². The van der Waals surface area contributed by atoms with Crippen molar-refractivity contribution in [1.82, 2.24) is 16.2 Å². The molecule has 3 aliphatic rings. The number of benzene rings is 2. The summed E-state index contributed by atoms with van der Waals surface area (Å²) in [5.74, 6) is 0.541. The Morgan fingerprint density at radius 3 is 2.65 bits per heavy atom. The van der Waals surface area contributed by atoms with Crippen molar-refractivity contribution >= 4 is 5.97 Å². The fourth-order valence-corrected chi connectivity index (χ4v) is 5.76. The Hall–Kier alpha value is -2.21. The van der Waals surface area contributed by atoms with E-state index in [4.69, 9.17) is 5.11 Å². The van der Waals surface area contributed by atoms with E-state index < -0.39 is 5.97 Å². The number of hydrazine groups is 1. The predicted octanol–water partition coefficient (Wildman–Crippen LogP) is 4.04. The summed E-state index contributed by atoms with van der Waals surface area (Å²) in [4.78, 5) is 11.1. The summed E-state index contributed by atoms with van der Waals surface area (Å²) < 4.78 is 0. The van der Waals surface area contributed by atoms with Gasteiger partial charge >= 0.3 is 5.97 Å². The van der Waals surface area contributed by atoms with Gasteiger partial charge in [0.25, 0.3) is 0 Å². The molecule has 2 fully saturated rings. The Kier molecular flexibility index (Phi) is 5.83. The van der Waals surface area contributed by atoms with Crippen molar-refractivity contribution in [1.29, 1.82) is 0 Å². The molecule has 1 heterocycles. The van der Waals surface area contributed by atoms with Crippen LogP contribution in [-0.2, 0) is 24.2 Å². The van der Waals surface area contributed by atoms with Crippen LogP contribution in [0.5, 0.6) is 0 Å². The molecule has 5 rings (SSSR count). The zero-order chi connectivity index (χ0) is 21.4. The van der Waals surface area contributed by atoms with Crippen LogP contribution in [0.25, 0.3) is 0 Å². The number of aliphatic carboxylic acids is 1. The molecule has 31 heavy (non-hydrogen) atoms. The van der Waals surface area contributed by atoms with Crippen molar-refractivity contribution in [3.8, 4) is 0 Å². The zero-order valence-corrected chi connectivity index (χ0v) is 18.2. The van der Waals surface area contributed by atoms with Crippen LogP contribution in [0.15, 0.2) is 42.5 Å². The number of carbonyl (C=O) groups is 1. The summed E-state index contributed by atoms with van der Waals surface area (Å²) in [5, 5.41) is 12.9. The highest BCUT2D eigenvalue weighted by atomic mass is 16.4. The second-order valence-corrected chi connectivity index (χ2v) is 9.80. The summed E-state index contributed by atoms with van der Waals surface area (Å²) in [7, 11) is 0. The quantitative estimate of drug-likeness (QED) is 0.569. The summed E-state index contributed by atoms with van der Waals surface area (Å²) in [6, 6.07) is 16.2. The molecular formula is C26H33N3O2. The van der Waals surface area contributed by atoms with Crippen molar-refractivity contribution in [2.24, 2.45) is 11.8 Å². The largest absolute Gasteiger partial charge is 0.481 e. The maximum Gasteiger partial charge on any atom is 0.307 e. The molecule has 1 saturated heterocycles. The first-order chi connectivity index (χ1) is 15.1. The summed E-state index contributed by atoms with van der Waals surface area (Å²) >= 11 is 0. The summed E-state index contributed by atoms with van der Waals surface area (Å²) in [6.07, 6.45) is 6.40. The van der Waals surface area contributed by atoms with E-state index in [9.17, 15) is 4.79 Å². The van der Waals surface area contributed by atoms with Crippen molar-refractivity contribution < 1.29 is 9.90 Å². The number of carboxylic acid groups (broad SMARTS) is 1. The molecule has 1 aliphatic heterocycles. The second kappa shape index (κ2) is 8.73. The molecule has 2 aromatic carbocycles. The van der Waals surface area contributed by atoms with Crippen LogP contribution in [0.4, 0.5) is 0 Å². The smallest absolute Gasteiger partial charge is 0.307 e. The topological polar surface area (TPSA) is 73.4 Å². The third kappa shape index (κ3) is 4.40. The van der Waals surface area contributed by atoms with Gasteiger partial charge < -0.3 is 10.4 Å². The van der Waals surface area contributed by atoms with Crippen LogP contribution in [0.3, 0.4) is 0 Å². The molecule has 3 unspecified atom stereocenters. The average molecular weight is 420 g/mol. The predicted molar refractivity (Wildman–Crippen MR) is 121 cm³/mol. The normalized spacial score (nSPS) is 29.5. The van der Waals surface area contributed by atoms with E-state index in [2.05, 4.69) is 47.4 Å². The minimum absolute atomic E-state index is 0.0680. The van der Waals surface area contributed by atoms with E-state index in [0.717, 1.165) is 24.4 Å². The zero-order valence-electron chi connectivity index (χ0n) is 18.2. The van der Waals surface area contributed by atoms with Crippen molar-refractivity contribution in [2.45, 2.75) is 70.1 Å². The lowest BCUT2D eigenvalue weighted by atomic mass is 9.87. The third-order valence-corrected chi connectivity index (χ3v) is 7.52. The van der Waals surface area contributed by atoms with E-state index in [0.29, 0.717) is 18.0 Å². The van der Waals surface area contributed by atoms with Gasteiger partial charge in [0.15, 0.2) is 0 Å². The van der Waals surface area contributed by atoms with Crippen LogP contribution in [0, 0.1) is 11.8 Å². The molecule has 0 spiro atoms. The minimum Gasteiger partial charge on any atom is -0.481 e. The molecule has 4 N–H and O–H groups in total. The van der Waals surface area contributed by atoms with Crippen LogP contribution in [-0.4, -0.2) is 17.1 Å². The number of hydrogen-bond acceptors (Lipinski definition) is 4. The number of nitrogens with one attached hydrogen (secondary N) is 3. The van der Waals surface area contributed by atoms with Crippen LogP contribution in [0.1, 0.15) is 72.5 Å². The van der Waals surface area contributed by atoms with Gasteiger partial charge in [0.2, 0.25) is 0 Å². The molecule has 5 nitrogen and oxygen atoms in total. The van der Waals surface area contributed by atoms with E-state index in [1.165, 1.54) is 47.9 Å². The summed E-state index contributed by atoms with van der Waals surface area (Å²) in [6.45, 7) is 3.32. The maximum atomic E-state index is 11.1. The number of fused-ring (bicyclic) bond motifs is 3. The lowest BCUT2D eigenvalue weighted by Crippen LogP contribution is -2.32. The highest BCUT2D eigenvalue weighted by molar-refractivity contribution is 5.70. The Labute approximate surface area is 184 Å². The molecule has 5 heteroatoms. The molecule has 2 aliphatic carbocycles. The van der Waals surface area contributed by atoms with E-state index in [-0.39, 0.29) is 12.5 Å². The monoisotopic (exact) mass is 419 g/mol. The van der Waals surface area contributed by atoms with Crippen LogP contribution < -0.4 is 16.2 Å². The standard InChI is InChI=1S/C26H33N3O2/c1-16-5-8-21(9-6-16)27-15-18-7-10-22-20(12-18)14-23-25(28-29-26(22)23)19-4-2-3-17(11-19)13-24(30)31/h2-4,7,10-12,16,21,23,25-29H,5-6,8-9,13-15H2,1H3,(H,30,31).